The Balaban J connectivity index is 1.44. The van der Waals surface area contributed by atoms with E-state index in [1.165, 1.54) is 25.0 Å². The van der Waals surface area contributed by atoms with Crippen molar-refractivity contribution >= 4 is 17.1 Å². The van der Waals surface area contributed by atoms with Crippen molar-refractivity contribution < 1.29 is 4.39 Å². The van der Waals surface area contributed by atoms with E-state index in [0.29, 0.717) is 28.8 Å². The van der Waals surface area contributed by atoms with Gasteiger partial charge in [-0.15, -0.1) is 5.10 Å². The smallest absolute Gasteiger partial charge is 0.225 e. The molecule has 0 unspecified atom stereocenters. The Labute approximate surface area is 153 Å². The van der Waals surface area contributed by atoms with Gasteiger partial charge in [-0.25, -0.2) is 9.37 Å². The molecule has 0 bridgehead atoms. The molecule has 1 atom stereocenters. The normalized spacial score (nSPS) is 15.2. The number of anilines is 1. The van der Waals surface area contributed by atoms with Gasteiger partial charge in [-0.3, -0.25) is 5.10 Å². The molecule has 0 radical (unpaired) electrons. The highest BCUT2D eigenvalue weighted by atomic mass is 19.1. The Morgan fingerprint density at radius 2 is 2.07 bits per heavy atom. The molecule has 0 amide bonds. The molecule has 5 rings (SSSR count). The number of rotatable bonds is 5. The van der Waals surface area contributed by atoms with Crippen LogP contribution in [0.5, 0.6) is 0 Å². The molecule has 8 nitrogen and oxygen atoms in total. The average molecular weight is 364 g/mol. The van der Waals surface area contributed by atoms with Crippen molar-refractivity contribution in [3.05, 3.63) is 53.6 Å². The molecule has 0 saturated heterocycles. The fourth-order valence-corrected chi connectivity index (χ4v) is 3.02. The predicted molar refractivity (Wildman–Crippen MR) is 97.0 cm³/mol. The maximum absolute atomic E-state index is 13.1. The zero-order valence-electron chi connectivity index (χ0n) is 14.6. The molecular formula is C18H17FN8. The summed E-state index contributed by atoms with van der Waals surface area (Å²) in [5, 5.41) is 18.9. The number of hydrogen-bond acceptors (Lipinski definition) is 6. The highest BCUT2D eigenvalue weighted by Crippen LogP contribution is 2.39. The lowest BCUT2D eigenvalue weighted by Crippen LogP contribution is -2.10. The van der Waals surface area contributed by atoms with Crippen LogP contribution in [0.4, 0.5) is 10.3 Å². The minimum Gasteiger partial charge on any atom is -0.348 e. The molecule has 1 fully saturated rings. The van der Waals surface area contributed by atoms with E-state index >= 15 is 0 Å². The average Bonchev–Trinajstić information content (AvgIpc) is 3.26. The minimum atomic E-state index is -0.261. The number of aromatic nitrogens is 7. The van der Waals surface area contributed by atoms with Gasteiger partial charge in [0.2, 0.25) is 5.95 Å². The van der Waals surface area contributed by atoms with Crippen molar-refractivity contribution in [2.24, 2.45) is 0 Å². The number of benzene rings is 1. The summed E-state index contributed by atoms with van der Waals surface area (Å²) in [6.45, 7) is 1.96. The third-order valence-corrected chi connectivity index (χ3v) is 4.73. The van der Waals surface area contributed by atoms with Crippen LogP contribution in [-0.4, -0.2) is 35.2 Å². The Bertz CT molecular complexity index is 1100. The Morgan fingerprint density at radius 3 is 2.85 bits per heavy atom. The summed E-state index contributed by atoms with van der Waals surface area (Å²) in [5.74, 6) is 1.42. The van der Waals surface area contributed by atoms with Gasteiger partial charge in [-0.05, 0) is 37.5 Å². The Morgan fingerprint density at radius 1 is 1.26 bits per heavy atom. The molecule has 136 valence electrons. The van der Waals surface area contributed by atoms with Crippen LogP contribution in [0.15, 0.2) is 36.5 Å². The first-order chi connectivity index (χ1) is 13.2. The van der Waals surface area contributed by atoms with Crippen LogP contribution in [0.1, 0.15) is 43.0 Å². The second-order valence-electron chi connectivity index (χ2n) is 6.78. The largest absolute Gasteiger partial charge is 0.348 e. The fraction of sp³-hybridized carbons (Fsp3) is 0.278. The lowest BCUT2D eigenvalue weighted by Gasteiger charge is -2.14. The maximum Gasteiger partial charge on any atom is 0.225 e. The van der Waals surface area contributed by atoms with Gasteiger partial charge in [0.05, 0.1) is 12.2 Å². The number of nitrogens with zero attached hydrogens (tertiary/aromatic N) is 6. The lowest BCUT2D eigenvalue weighted by atomic mass is 10.1. The van der Waals surface area contributed by atoms with Gasteiger partial charge in [0.15, 0.2) is 17.0 Å². The first-order valence-corrected chi connectivity index (χ1v) is 8.83. The Hall–Kier alpha value is -3.36. The molecule has 1 aliphatic carbocycles. The molecule has 4 aromatic rings. The van der Waals surface area contributed by atoms with E-state index in [0.717, 1.165) is 11.3 Å². The van der Waals surface area contributed by atoms with Gasteiger partial charge in [-0.1, -0.05) is 17.3 Å². The topological polar surface area (TPSA) is 97.2 Å². The highest BCUT2D eigenvalue weighted by Gasteiger charge is 2.26. The van der Waals surface area contributed by atoms with Gasteiger partial charge in [0.25, 0.3) is 0 Å². The third-order valence-electron chi connectivity index (χ3n) is 4.73. The molecule has 3 heterocycles. The van der Waals surface area contributed by atoms with Crippen molar-refractivity contribution in [2.45, 2.75) is 31.7 Å². The lowest BCUT2D eigenvalue weighted by molar-refractivity contribution is 0.626. The molecular weight excluding hydrogens is 347 g/mol. The highest BCUT2D eigenvalue weighted by molar-refractivity contribution is 5.71. The van der Waals surface area contributed by atoms with Gasteiger partial charge in [0.1, 0.15) is 5.82 Å². The Kier molecular flexibility index (Phi) is 3.59. The van der Waals surface area contributed by atoms with Gasteiger partial charge in [0, 0.05) is 17.7 Å². The summed E-state index contributed by atoms with van der Waals surface area (Å²) in [7, 11) is 0. The maximum atomic E-state index is 13.1. The molecule has 1 saturated carbocycles. The summed E-state index contributed by atoms with van der Waals surface area (Å²) in [4.78, 5) is 8.85. The fourth-order valence-electron chi connectivity index (χ4n) is 3.02. The first-order valence-electron chi connectivity index (χ1n) is 8.83. The molecule has 1 aromatic carbocycles. The minimum absolute atomic E-state index is 0.0840. The van der Waals surface area contributed by atoms with Crippen LogP contribution in [0, 0.1) is 5.82 Å². The summed E-state index contributed by atoms with van der Waals surface area (Å²) < 4.78 is 14.7. The monoisotopic (exact) mass is 364 g/mol. The van der Waals surface area contributed by atoms with Crippen molar-refractivity contribution in [2.75, 3.05) is 5.32 Å². The summed E-state index contributed by atoms with van der Waals surface area (Å²) >= 11 is 0. The number of H-pyrrole nitrogens is 1. The second-order valence-corrected chi connectivity index (χ2v) is 6.78. The summed E-state index contributed by atoms with van der Waals surface area (Å²) in [5.41, 5.74) is 3.22. The molecule has 3 aromatic heterocycles. The first kappa shape index (κ1) is 15.9. The standard InChI is InChI=1S/C18H17FN8/c1-10(11-4-6-13(19)7-5-11)21-18-20-9-15-17(22-18)27(26-24-15)16-8-14(23-25-16)12-2-3-12/h4-10,12H,2-3H2,1H3,(H,23,25)(H,20,21,22)/t10-/m0/s1. The molecule has 0 aliphatic heterocycles. The van der Waals surface area contributed by atoms with E-state index in [4.69, 9.17) is 0 Å². The number of hydrogen-bond donors (Lipinski definition) is 2. The van der Waals surface area contributed by atoms with Crippen molar-refractivity contribution in [3.63, 3.8) is 0 Å². The molecule has 0 spiro atoms. The molecule has 9 heteroatoms. The number of halogens is 1. The van der Waals surface area contributed by atoms with Gasteiger partial charge in [-0.2, -0.15) is 14.8 Å². The summed E-state index contributed by atoms with van der Waals surface area (Å²) in [6, 6.07) is 8.25. The van der Waals surface area contributed by atoms with E-state index < -0.39 is 0 Å². The van der Waals surface area contributed by atoms with Crippen molar-refractivity contribution in [1.82, 2.24) is 35.2 Å². The van der Waals surface area contributed by atoms with Gasteiger partial charge < -0.3 is 5.32 Å². The van der Waals surface area contributed by atoms with Crippen LogP contribution >= 0.6 is 0 Å². The van der Waals surface area contributed by atoms with Crippen LogP contribution in [0.3, 0.4) is 0 Å². The van der Waals surface area contributed by atoms with E-state index in [2.05, 4.69) is 35.8 Å². The van der Waals surface area contributed by atoms with Crippen LogP contribution in [0.25, 0.3) is 17.0 Å². The predicted octanol–water partition coefficient (Wildman–Crippen LogP) is 3.12. The zero-order chi connectivity index (χ0) is 18.4. The number of aromatic amines is 1. The van der Waals surface area contributed by atoms with E-state index in [1.807, 2.05) is 13.0 Å². The number of nitrogens with one attached hydrogen (secondary N) is 2. The van der Waals surface area contributed by atoms with E-state index in [-0.39, 0.29) is 11.9 Å². The number of fused-ring (bicyclic) bond motifs is 1. The molecule has 27 heavy (non-hydrogen) atoms. The quantitative estimate of drug-likeness (QED) is 0.565. The van der Waals surface area contributed by atoms with Crippen LogP contribution in [0.2, 0.25) is 0 Å². The van der Waals surface area contributed by atoms with E-state index in [9.17, 15) is 4.39 Å². The third kappa shape index (κ3) is 3.01. The molecule has 1 aliphatic rings. The zero-order valence-corrected chi connectivity index (χ0v) is 14.6. The molecule has 2 N–H and O–H groups in total. The van der Waals surface area contributed by atoms with Crippen LogP contribution in [-0.2, 0) is 0 Å². The van der Waals surface area contributed by atoms with E-state index in [1.54, 1.807) is 23.0 Å². The van der Waals surface area contributed by atoms with Crippen LogP contribution < -0.4 is 5.32 Å². The van der Waals surface area contributed by atoms with Gasteiger partial charge >= 0.3 is 0 Å². The SMILES string of the molecule is C[C@H](Nc1ncc2nnn(-c3cc(C4CC4)[nH]n3)c2n1)c1ccc(F)cc1. The second kappa shape index (κ2) is 6.11. The van der Waals surface area contributed by atoms with Crippen molar-refractivity contribution in [3.8, 4) is 5.82 Å². The van der Waals surface area contributed by atoms with Crippen molar-refractivity contribution in [1.29, 1.82) is 0 Å². The summed E-state index contributed by atoms with van der Waals surface area (Å²) in [6.07, 6.45) is 4.01.